The molecule has 1 heterocycles. The summed E-state index contributed by atoms with van der Waals surface area (Å²) in [5, 5.41) is 0. The number of rotatable bonds is 3. The third-order valence-corrected chi connectivity index (χ3v) is 4.76. The standard InChI is InChI=1S/C16H21BrN2O/c1-3-4-5-9-20-15-10-14(18-12-19-15)16(17)8-6-7-13(2)11-16/h10,12-13H,3,6-9,11H2,1-2H3. The maximum atomic E-state index is 5.57. The Hall–Kier alpha value is -1.08. The summed E-state index contributed by atoms with van der Waals surface area (Å²) in [6, 6.07) is 1.94. The van der Waals surface area contributed by atoms with Gasteiger partial charge in [-0.25, -0.2) is 9.97 Å². The maximum Gasteiger partial charge on any atom is 0.217 e. The van der Waals surface area contributed by atoms with Crippen LogP contribution < -0.4 is 4.74 Å². The van der Waals surface area contributed by atoms with Gasteiger partial charge in [0.1, 0.15) is 6.33 Å². The molecule has 1 fully saturated rings. The van der Waals surface area contributed by atoms with E-state index in [1.165, 1.54) is 12.8 Å². The van der Waals surface area contributed by atoms with Gasteiger partial charge in [-0.15, -0.1) is 5.92 Å². The monoisotopic (exact) mass is 336 g/mol. The molecule has 1 aromatic rings. The average Bonchev–Trinajstić information content (AvgIpc) is 2.44. The molecule has 2 rings (SSSR count). The lowest BCUT2D eigenvalue weighted by Crippen LogP contribution is -2.27. The van der Waals surface area contributed by atoms with E-state index in [4.69, 9.17) is 4.74 Å². The number of alkyl halides is 1. The smallest absolute Gasteiger partial charge is 0.217 e. The van der Waals surface area contributed by atoms with Crippen molar-refractivity contribution in [2.45, 2.75) is 50.3 Å². The van der Waals surface area contributed by atoms with Crippen molar-refractivity contribution in [2.24, 2.45) is 5.92 Å². The second-order valence-electron chi connectivity index (χ2n) is 5.40. The van der Waals surface area contributed by atoms with Gasteiger partial charge in [0.05, 0.1) is 10.0 Å². The van der Waals surface area contributed by atoms with Crippen molar-refractivity contribution in [3.05, 3.63) is 18.1 Å². The van der Waals surface area contributed by atoms with E-state index in [1.54, 1.807) is 6.33 Å². The van der Waals surface area contributed by atoms with Crippen LogP contribution in [0.1, 0.15) is 51.6 Å². The highest BCUT2D eigenvalue weighted by Crippen LogP contribution is 2.46. The number of aromatic nitrogens is 2. The highest BCUT2D eigenvalue weighted by Gasteiger charge is 2.35. The summed E-state index contributed by atoms with van der Waals surface area (Å²) in [5.41, 5.74) is 1.03. The van der Waals surface area contributed by atoms with Gasteiger partial charge in [0.25, 0.3) is 0 Å². The first-order valence-corrected chi connectivity index (χ1v) is 8.03. The van der Waals surface area contributed by atoms with Crippen LogP contribution in [0.3, 0.4) is 0 Å². The third kappa shape index (κ3) is 3.96. The van der Waals surface area contributed by atoms with Crippen LogP contribution >= 0.6 is 15.9 Å². The molecule has 20 heavy (non-hydrogen) atoms. The molecule has 1 aromatic heterocycles. The van der Waals surface area contributed by atoms with E-state index in [9.17, 15) is 0 Å². The Kier molecular flexibility index (Phi) is 5.42. The molecule has 0 aliphatic heterocycles. The number of hydrogen-bond donors (Lipinski definition) is 0. The molecule has 2 atom stereocenters. The van der Waals surface area contributed by atoms with Crippen LogP contribution in [0.2, 0.25) is 0 Å². The highest BCUT2D eigenvalue weighted by atomic mass is 79.9. The van der Waals surface area contributed by atoms with Gasteiger partial charge in [0.2, 0.25) is 5.88 Å². The second-order valence-corrected chi connectivity index (χ2v) is 6.92. The Labute approximate surface area is 129 Å². The minimum absolute atomic E-state index is 0.0270. The lowest BCUT2D eigenvalue weighted by molar-refractivity contribution is 0.314. The first-order chi connectivity index (χ1) is 9.64. The minimum Gasteiger partial charge on any atom is -0.464 e. The van der Waals surface area contributed by atoms with E-state index in [2.05, 4.69) is 44.7 Å². The summed E-state index contributed by atoms with van der Waals surface area (Å²) in [4.78, 5) is 8.60. The molecule has 0 spiro atoms. The zero-order valence-electron chi connectivity index (χ0n) is 12.2. The molecule has 4 heteroatoms. The van der Waals surface area contributed by atoms with Gasteiger partial charge in [-0.1, -0.05) is 48.5 Å². The van der Waals surface area contributed by atoms with Crippen LogP contribution in [0.5, 0.6) is 5.88 Å². The molecule has 0 radical (unpaired) electrons. The molecule has 0 saturated heterocycles. The fraction of sp³-hybridized carbons (Fsp3) is 0.625. The number of halogens is 1. The van der Waals surface area contributed by atoms with Crippen LogP contribution in [-0.2, 0) is 4.32 Å². The van der Waals surface area contributed by atoms with Gasteiger partial charge in [-0.05, 0) is 18.8 Å². The van der Waals surface area contributed by atoms with E-state index < -0.39 is 0 Å². The van der Waals surface area contributed by atoms with E-state index in [0.717, 1.165) is 30.9 Å². The van der Waals surface area contributed by atoms with Crippen molar-refractivity contribution >= 4 is 15.9 Å². The Bertz CT molecular complexity index is 509. The van der Waals surface area contributed by atoms with Gasteiger partial charge in [0.15, 0.2) is 6.61 Å². The topological polar surface area (TPSA) is 35.0 Å². The molecule has 0 bridgehead atoms. The average molecular weight is 337 g/mol. The molecule has 0 amide bonds. The van der Waals surface area contributed by atoms with Gasteiger partial charge < -0.3 is 4.74 Å². The number of ether oxygens (including phenoxy) is 1. The Morgan fingerprint density at radius 2 is 2.30 bits per heavy atom. The van der Waals surface area contributed by atoms with Crippen molar-refractivity contribution in [1.29, 1.82) is 0 Å². The predicted molar refractivity (Wildman–Crippen MR) is 83.8 cm³/mol. The molecule has 1 saturated carbocycles. The van der Waals surface area contributed by atoms with Crippen LogP contribution in [0.15, 0.2) is 12.4 Å². The SMILES string of the molecule is CCC#CCOc1cc(C2(Br)CCCC(C)C2)ncn1. The number of hydrogen-bond acceptors (Lipinski definition) is 3. The van der Waals surface area contributed by atoms with Crippen molar-refractivity contribution < 1.29 is 4.74 Å². The van der Waals surface area contributed by atoms with Crippen LogP contribution in [0.4, 0.5) is 0 Å². The fourth-order valence-corrected chi connectivity index (χ4v) is 3.72. The molecule has 0 aromatic carbocycles. The summed E-state index contributed by atoms with van der Waals surface area (Å²) in [7, 11) is 0. The molecular weight excluding hydrogens is 316 g/mol. The normalized spacial score (nSPS) is 25.6. The quantitative estimate of drug-likeness (QED) is 0.616. The summed E-state index contributed by atoms with van der Waals surface area (Å²) >= 11 is 3.90. The molecule has 1 aliphatic carbocycles. The van der Waals surface area contributed by atoms with Crippen LogP contribution in [0.25, 0.3) is 0 Å². The third-order valence-electron chi connectivity index (χ3n) is 3.64. The summed E-state index contributed by atoms with van der Waals surface area (Å²) < 4.78 is 5.54. The van der Waals surface area contributed by atoms with Gasteiger partial charge in [-0.3, -0.25) is 0 Å². The lowest BCUT2D eigenvalue weighted by atomic mass is 9.80. The fourth-order valence-electron chi connectivity index (χ4n) is 2.67. The summed E-state index contributed by atoms with van der Waals surface area (Å²) in [6.07, 6.45) is 7.19. The van der Waals surface area contributed by atoms with E-state index in [0.29, 0.717) is 12.5 Å². The van der Waals surface area contributed by atoms with Crippen LogP contribution in [-0.4, -0.2) is 16.6 Å². The molecular formula is C16H21BrN2O. The second kappa shape index (κ2) is 7.08. The number of nitrogens with zero attached hydrogens (tertiary/aromatic N) is 2. The molecule has 3 nitrogen and oxygen atoms in total. The van der Waals surface area contributed by atoms with Crippen LogP contribution in [0, 0.1) is 17.8 Å². The van der Waals surface area contributed by atoms with Gasteiger partial charge in [0, 0.05) is 12.5 Å². The van der Waals surface area contributed by atoms with E-state index in [-0.39, 0.29) is 4.32 Å². The summed E-state index contributed by atoms with van der Waals surface area (Å²) in [6.45, 7) is 4.71. The molecule has 0 N–H and O–H groups in total. The largest absolute Gasteiger partial charge is 0.464 e. The Morgan fingerprint density at radius 3 is 3.05 bits per heavy atom. The zero-order chi connectivity index (χ0) is 14.4. The predicted octanol–water partition coefficient (Wildman–Crippen LogP) is 4.07. The zero-order valence-corrected chi connectivity index (χ0v) is 13.7. The molecule has 108 valence electrons. The van der Waals surface area contributed by atoms with Gasteiger partial charge in [-0.2, -0.15) is 0 Å². The molecule has 2 unspecified atom stereocenters. The minimum atomic E-state index is -0.0270. The van der Waals surface area contributed by atoms with E-state index in [1.807, 2.05) is 13.0 Å². The van der Waals surface area contributed by atoms with Crippen molar-refractivity contribution in [3.63, 3.8) is 0 Å². The van der Waals surface area contributed by atoms with Crippen molar-refractivity contribution in [1.82, 2.24) is 9.97 Å². The maximum absolute atomic E-state index is 5.57. The summed E-state index contributed by atoms with van der Waals surface area (Å²) in [5.74, 6) is 7.27. The first kappa shape index (κ1) is 15.3. The molecule has 1 aliphatic rings. The van der Waals surface area contributed by atoms with E-state index >= 15 is 0 Å². The van der Waals surface area contributed by atoms with Crippen molar-refractivity contribution in [2.75, 3.05) is 6.61 Å². The Balaban J connectivity index is 2.08. The highest BCUT2D eigenvalue weighted by molar-refractivity contribution is 9.09. The van der Waals surface area contributed by atoms with Crippen molar-refractivity contribution in [3.8, 4) is 17.7 Å². The van der Waals surface area contributed by atoms with Gasteiger partial charge >= 0.3 is 0 Å². The first-order valence-electron chi connectivity index (χ1n) is 7.24. The lowest BCUT2D eigenvalue weighted by Gasteiger charge is -2.34. The Morgan fingerprint density at radius 1 is 1.45 bits per heavy atom.